The van der Waals surface area contributed by atoms with E-state index in [4.69, 9.17) is 0 Å². The third-order valence-electron chi connectivity index (χ3n) is 9.70. The molecule has 0 aromatic rings. The van der Waals surface area contributed by atoms with Gasteiger partial charge in [0.1, 0.15) is 0 Å². The standard InChI is InChI=1S/3C15H30O2.Al/c3*1-2-3-4-5-6-7-8-9-10-11-12-13-14-15(16)17;/h3*2-14H2,1H3,(H,16,17);/q;;;+3/p-3. The van der Waals surface area contributed by atoms with Crippen molar-refractivity contribution < 1.29 is 29.7 Å². The normalized spacial score (nSPS) is 10.4. The average Bonchev–Trinajstić information content (AvgIpc) is 3.10. The molecule has 0 bridgehead atoms. The van der Waals surface area contributed by atoms with Crippen LogP contribution < -0.4 is 15.3 Å². The fourth-order valence-electron chi connectivity index (χ4n) is 6.33. The third kappa shape index (κ3) is 67.1. The minimum atomic E-state index is -0.905. The summed E-state index contributed by atoms with van der Waals surface area (Å²) in [5, 5.41) is 30.5. The largest absolute Gasteiger partial charge is 3.00 e. The molecule has 0 fully saturated rings. The van der Waals surface area contributed by atoms with E-state index >= 15 is 0 Å². The molecule has 0 unspecified atom stereocenters. The molecule has 0 heterocycles. The van der Waals surface area contributed by atoms with Gasteiger partial charge in [0.15, 0.2) is 0 Å². The number of carbonyl (C=O) groups excluding carboxylic acids is 3. The van der Waals surface area contributed by atoms with Gasteiger partial charge in [-0.2, -0.15) is 0 Å². The summed E-state index contributed by atoms with van der Waals surface area (Å²) in [5.41, 5.74) is 0. The molecule has 0 N–H and O–H groups in total. The fourth-order valence-corrected chi connectivity index (χ4v) is 6.33. The Morgan fingerprint density at radius 2 is 0.365 bits per heavy atom. The van der Waals surface area contributed by atoms with E-state index in [9.17, 15) is 29.7 Å². The summed E-state index contributed by atoms with van der Waals surface area (Å²) in [6.07, 6.45) is 46.4. The molecule has 0 aliphatic heterocycles. The van der Waals surface area contributed by atoms with Gasteiger partial charge in [-0.3, -0.25) is 0 Å². The molecule has 0 saturated carbocycles. The number of hydrogen-bond donors (Lipinski definition) is 0. The molecule has 0 atom stereocenters. The molecule has 0 spiro atoms. The molecule has 7 heteroatoms. The van der Waals surface area contributed by atoms with E-state index in [0.29, 0.717) is 0 Å². The number of aliphatic carboxylic acids is 3. The van der Waals surface area contributed by atoms with Crippen LogP contribution in [0.5, 0.6) is 0 Å². The van der Waals surface area contributed by atoms with Gasteiger partial charge < -0.3 is 29.7 Å². The molecule has 0 aliphatic carbocycles. The number of hydrogen-bond acceptors (Lipinski definition) is 6. The number of carbonyl (C=O) groups is 3. The van der Waals surface area contributed by atoms with Crippen LogP contribution in [0.2, 0.25) is 0 Å². The number of carboxylic acid groups (broad SMARTS) is 3. The van der Waals surface area contributed by atoms with Gasteiger partial charge in [-0.05, 0) is 38.5 Å². The molecule has 0 aromatic heterocycles. The summed E-state index contributed by atoms with van der Waals surface area (Å²) < 4.78 is 0. The Kier molecular flexibility index (Phi) is 60.2. The maximum absolute atomic E-state index is 10.2. The van der Waals surface area contributed by atoms with Gasteiger partial charge in [-0.15, -0.1) is 0 Å². The van der Waals surface area contributed by atoms with Crippen molar-refractivity contribution >= 4 is 35.3 Å². The Morgan fingerprint density at radius 3 is 0.481 bits per heavy atom. The summed E-state index contributed by atoms with van der Waals surface area (Å²) in [6, 6.07) is 0. The number of unbranched alkanes of at least 4 members (excludes halogenated alkanes) is 33. The van der Waals surface area contributed by atoms with Crippen LogP contribution in [0.1, 0.15) is 271 Å². The van der Waals surface area contributed by atoms with Crippen molar-refractivity contribution in [1.82, 2.24) is 0 Å². The van der Waals surface area contributed by atoms with Crippen LogP contribution in [0.3, 0.4) is 0 Å². The van der Waals surface area contributed by atoms with Crippen LogP contribution in [0, 0.1) is 0 Å². The molecule has 306 valence electrons. The second-order valence-corrected chi connectivity index (χ2v) is 15.0. The van der Waals surface area contributed by atoms with Crippen LogP contribution in [-0.4, -0.2) is 35.3 Å². The first kappa shape index (κ1) is 57.7. The first-order valence-electron chi connectivity index (χ1n) is 22.4. The fraction of sp³-hybridized carbons (Fsp3) is 0.933. The Hall–Kier alpha value is -1.06. The quantitative estimate of drug-likeness (QED) is 0.0455. The molecule has 0 radical (unpaired) electrons. The van der Waals surface area contributed by atoms with Crippen molar-refractivity contribution in [2.75, 3.05) is 0 Å². The number of rotatable bonds is 39. The van der Waals surface area contributed by atoms with Crippen molar-refractivity contribution in [3.8, 4) is 0 Å². The van der Waals surface area contributed by atoms with Crippen molar-refractivity contribution in [3.05, 3.63) is 0 Å². The zero-order valence-corrected chi connectivity index (χ0v) is 36.3. The topological polar surface area (TPSA) is 120 Å². The van der Waals surface area contributed by atoms with Gasteiger partial charge in [-0.25, -0.2) is 0 Å². The maximum Gasteiger partial charge on any atom is 3.00 e. The van der Waals surface area contributed by atoms with Gasteiger partial charge in [0.05, 0.1) is 0 Å². The van der Waals surface area contributed by atoms with Gasteiger partial charge in [0.2, 0.25) is 0 Å². The van der Waals surface area contributed by atoms with Gasteiger partial charge in [0.25, 0.3) is 0 Å². The van der Waals surface area contributed by atoms with Crippen LogP contribution in [0.4, 0.5) is 0 Å². The molecule has 0 rings (SSSR count). The molecule has 0 aromatic carbocycles. The molecule has 52 heavy (non-hydrogen) atoms. The van der Waals surface area contributed by atoms with Crippen LogP contribution in [0.15, 0.2) is 0 Å². The van der Waals surface area contributed by atoms with E-state index < -0.39 is 17.9 Å². The summed E-state index contributed by atoms with van der Waals surface area (Å²) in [4.78, 5) is 30.5. The van der Waals surface area contributed by atoms with Crippen molar-refractivity contribution in [2.45, 2.75) is 271 Å². The van der Waals surface area contributed by atoms with E-state index in [-0.39, 0.29) is 36.6 Å². The predicted molar refractivity (Wildman–Crippen MR) is 218 cm³/mol. The summed E-state index contributed by atoms with van der Waals surface area (Å²) >= 11 is 0. The Labute approximate surface area is 335 Å². The molecule has 0 saturated heterocycles. The van der Waals surface area contributed by atoms with Crippen molar-refractivity contribution in [1.29, 1.82) is 0 Å². The molecule has 0 amide bonds. The van der Waals surface area contributed by atoms with Crippen molar-refractivity contribution in [2.24, 2.45) is 0 Å². The molecule has 0 aliphatic rings. The summed E-state index contributed by atoms with van der Waals surface area (Å²) in [5.74, 6) is -2.72. The third-order valence-corrected chi connectivity index (χ3v) is 9.70. The van der Waals surface area contributed by atoms with E-state index in [2.05, 4.69) is 20.8 Å². The molecular formula is C45H87AlO6. The molecule has 6 nitrogen and oxygen atoms in total. The summed E-state index contributed by atoms with van der Waals surface area (Å²) in [6.45, 7) is 6.75. The SMILES string of the molecule is CCCCCCCCCCCCCCC(=O)[O-].CCCCCCCCCCCCCCC(=O)[O-].CCCCCCCCCCCCCCC(=O)[O-].[Al+3]. The Morgan fingerprint density at radius 1 is 0.250 bits per heavy atom. The Balaban J connectivity index is -0.000000329. The average molecular weight is 751 g/mol. The maximum atomic E-state index is 10.2. The van der Waals surface area contributed by atoms with E-state index in [1.54, 1.807) is 0 Å². The second kappa shape index (κ2) is 54.3. The zero-order valence-electron chi connectivity index (χ0n) is 35.1. The minimum absolute atomic E-state index is 0. The first-order valence-corrected chi connectivity index (χ1v) is 22.4. The monoisotopic (exact) mass is 751 g/mol. The molecular weight excluding hydrogens is 663 g/mol. The van der Waals surface area contributed by atoms with E-state index in [0.717, 1.165) is 38.5 Å². The van der Waals surface area contributed by atoms with E-state index in [1.807, 2.05) is 0 Å². The predicted octanol–water partition coefficient (Wildman–Crippen LogP) is 11.1. The minimum Gasteiger partial charge on any atom is -0.550 e. The summed E-state index contributed by atoms with van der Waals surface area (Å²) in [7, 11) is 0. The van der Waals surface area contributed by atoms with Gasteiger partial charge in [-0.1, -0.05) is 233 Å². The van der Waals surface area contributed by atoms with Crippen molar-refractivity contribution in [3.63, 3.8) is 0 Å². The van der Waals surface area contributed by atoms with E-state index in [1.165, 1.54) is 193 Å². The first-order chi connectivity index (χ1) is 24.8. The number of carboxylic acids is 3. The Bertz CT molecular complexity index is 596. The van der Waals surface area contributed by atoms with Crippen LogP contribution in [-0.2, 0) is 14.4 Å². The smallest absolute Gasteiger partial charge is 0.550 e. The van der Waals surface area contributed by atoms with Gasteiger partial charge in [0, 0.05) is 17.9 Å². The van der Waals surface area contributed by atoms with Crippen LogP contribution >= 0.6 is 0 Å². The van der Waals surface area contributed by atoms with Crippen LogP contribution in [0.25, 0.3) is 0 Å². The second-order valence-electron chi connectivity index (χ2n) is 15.0. The zero-order chi connectivity index (χ0) is 38.3. The van der Waals surface area contributed by atoms with Gasteiger partial charge >= 0.3 is 17.4 Å².